The lowest BCUT2D eigenvalue weighted by Crippen LogP contribution is -2.26. The molecule has 1 aliphatic heterocycles. The number of benzene rings is 1. The number of aryl methyl sites for hydroxylation is 1. The zero-order valence-corrected chi connectivity index (χ0v) is 13.9. The molecule has 2 atom stereocenters. The summed E-state index contributed by atoms with van der Waals surface area (Å²) in [6.07, 6.45) is 1.23. The van der Waals surface area contributed by atoms with Gasteiger partial charge in [0.2, 0.25) is 0 Å². The number of nitriles is 1. The molecule has 3 heterocycles. The van der Waals surface area contributed by atoms with Gasteiger partial charge in [-0.2, -0.15) is 10.4 Å². The van der Waals surface area contributed by atoms with Gasteiger partial charge in [-0.05, 0) is 37.6 Å². The molecule has 0 aliphatic carbocycles. The summed E-state index contributed by atoms with van der Waals surface area (Å²) < 4.78 is 29.4. The summed E-state index contributed by atoms with van der Waals surface area (Å²) in [6, 6.07) is 6.50. The third-order valence-electron chi connectivity index (χ3n) is 4.65. The van der Waals surface area contributed by atoms with Crippen molar-refractivity contribution in [3.05, 3.63) is 58.9 Å². The number of rotatable bonds is 2. The predicted octanol–water partition coefficient (Wildman–Crippen LogP) is 2.50. The van der Waals surface area contributed by atoms with E-state index in [4.69, 9.17) is 0 Å². The van der Waals surface area contributed by atoms with Gasteiger partial charge in [0, 0.05) is 18.3 Å². The molecule has 0 saturated carbocycles. The Kier molecular flexibility index (Phi) is 3.81. The number of aliphatic hydroxyl groups excluding tert-OH is 1. The van der Waals surface area contributed by atoms with Gasteiger partial charge in [-0.3, -0.25) is 0 Å². The van der Waals surface area contributed by atoms with E-state index >= 15 is 0 Å². The molecule has 1 aliphatic rings. The van der Waals surface area contributed by atoms with Crippen LogP contribution in [0.5, 0.6) is 0 Å². The van der Waals surface area contributed by atoms with Crippen LogP contribution in [0.4, 0.5) is 14.6 Å². The van der Waals surface area contributed by atoms with Crippen LogP contribution < -0.4 is 4.90 Å². The Bertz CT molecular complexity index is 1040. The highest BCUT2D eigenvalue weighted by molar-refractivity contribution is 5.61. The first-order valence-electron chi connectivity index (χ1n) is 8.13. The zero-order chi connectivity index (χ0) is 18.4. The molecule has 0 bridgehead atoms. The van der Waals surface area contributed by atoms with Crippen LogP contribution >= 0.6 is 0 Å². The summed E-state index contributed by atoms with van der Waals surface area (Å²) in [5, 5.41) is 23.7. The fourth-order valence-corrected chi connectivity index (χ4v) is 3.45. The molecule has 1 aromatic carbocycles. The van der Waals surface area contributed by atoms with Gasteiger partial charge in [0.25, 0.3) is 0 Å². The fraction of sp³-hybridized carbons (Fsp3) is 0.278. The van der Waals surface area contributed by atoms with E-state index in [1.165, 1.54) is 4.52 Å². The van der Waals surface area contributed by atoms with E-state index < -0.39 is 23.8 Å². The summed E-state index contributed by atoms with van der Waals surface area (Å²) in [5.41, 5.74) is 1.49. The van der Waals surface area contributed by atoms with E-state index in [0.29, 0.717) is 22.7 Å². The van der Waals surface area contributed by atoms with Gasteiger partial charge < -0.3 is 10.0 Å². The standard InChI is InChI=1S/C18H15F2N5O/c1-10-14(8-21)18-22-17(4-5-25(18)23-10)24-9-12(26)7-16(24)13-6-11(19)2-3-15(13)20/h2-6,12,16,26H,7,9H2,1H3/t12-,16+/m0/s1. The first kappa shape index (κ1) is 16.4. The zero-order valence-electron chi connectivity index (χ0n) is 13.9. The number of fused-ring (bicyclic) bond motifs is 1. The molecular weight excluding hydrogens is 340 g/mol. The first-order valence-corrected chi connectivity index (χ1v) is 8.13. The van der Waals surface area contributed by atoms with Crippen LogP contribution in [0.25, 0.3) is 5.65 Å². The Hall–Kier alpha value is -3.05. The number of nitrogens with zero attached hydrogens (tertiary/aromatic N) is 5. The molecule has 1 fully saturated rings. The summed E-state index contributed by atoms with van der Waals surface area (Å²) in [4.78, 5) is 6.22. The van der Waals surface area contributed by atoms with Gasteiger partial charge in [0.05, 0.1) is 17.8 Å². The van der Waals surface area contributed by atoms with Crippen LogP contribution in [0.1, 0.15) is 29.3 Å². The third kappa shape index (κ3) is 2.57. The van der Waals surface area contributed by atoms with Crippen molar-refractivity contribution < 1.29 is 13.9 Å². The third-order valence-corrected chi connectivity index (χ3v) is 4.65. The molecule has 2 aromatic heterocycles. The van der Waals surface area contributed by atoms with Gasteiger partial charge in [0.1, 0.15) is 29.1 Å². The lowest BCUT2D eigenvalue weighted by molar-refractivity contribution is 0.194. The van der Waals surface area contributed by atoms with Crippen molar-refractivity contribution in [1.82, 2.24) is 14.6 Å². The van der Waals surface area contributed by atoms with Crippen LogP contribution in [0.15, 0.2) is 30.5 Å². The lowest BCUT2D eigenvalue weighted by atomic mass is 10.0. The molecule has 132 valence electrons. The largest absolute Gasteiger partial charge is 0.391 e. The molecule has 8 heteroatoms. The van der Waals surface area contributed by atoms with Crippen molar-refractivity contribution in [3.63, 3.8) is 0 Å². The predicted molar refractivity (Wildman–Crippen MR) is 89.5 cm³/mol. The molecule has 0 amide bonds. The summed E-state index contributed by atoms with van der Waals surface area (Å²) in [5.74, 6) is -0.599. The second-order valence-corrected chi connectivity index (χ2v) is 6.35. The van der Waals surface area contributed by atoms with Gasteiger partial charge in [0.15, 0.2) is 5.65 Å². The van der Waals surface area contributed by atoms with Crippen LogP contribution in [0.2, 0.25) is 0 Å². The highest BCUT2D eigenvalue weighted by atomic mass is 19.1. The number of hydrogen-bond acceptors (Lipinski definition) is 5. The molecule has 1 N–H and O–H groups in total. The van der Waals surface area contributed by atoms with Crippen molar-refractivity contribution in [2.24, 2.45) is 0 Å². The number of β-amino-alcohol motifs (C(OH)–C–C–N with tert-alkyl or cyclic N) is 1. The van der Waals surface area contributed by atoms with Crippen LogP contribution in [0.3, 0.4) is 0 Å². The van der Waals surface area contributed by atoms with E-state index in [9.17, 15) is 19.1 Å². The summed E-state index contributed by atoms with van der Waals surface area (Å²) in [7, 11) is 0. The molecule has 6 nitrogen and oxygen atoms in total. The summed E-state index contributed by atoms with van der Waals surface area (Å²) in [6.45, 7) is 1.95. The second-order valence-electron chi connectivity index (χ2n) is 6.35. The van der Waals surface area contributed by atoms with E-state index in [-0.39, 0.29) is 18.5 Å². The van der Waals surface area contributed by atoms with E-state index in [1.54, 1.807) is 24.1 Å². The van der Waals surface area contributed by atoms with E-state index in [1.807, 2.05) is 0 Å². The maximum Gasteiger partial charge on any atom is 0.175 e. The van der Waals surface area contributed by atoms with Crippen LogP contribution in [0, 0.1) is 29.9 Å². The molecule has 3 aromatic rings. The maximum atomic E-state index is 14.3. The minimum atomic E-state index is -0.692. The van der Waals surface area contributed by atoms with E-state index in [2.05, 4.69) is 16.2 Å². The molecule has 1 saturated heterocycles. The molecule has 0 spiro atoms. The average Bonchev–Trinajstić information content (AvgIpc) is 3.15. The molecule has 0 unspecified atom stereocenters. The Morgan fingerprint density at radius 1 is 1.31 bits per heavy atom. The Morgan fingerprint density at radius 2 is 2.12 bits per heavy atom. The number of aliphatic hydroxyl groups is 1. The number of aromatic nitrogens is 3. The van der Waals surface area contributed by atoms with Crippen LogP contribution in [-0.2, 0) is 0 Å². The molecular formula is C18H15F2N5O. The fourth-order valence-electron chi connectivity index (χ4n) is 3.45. The Labute approximate surface area is 147 Å². The van der Waals surface area contributed by atoms with Gasteiger partial charge in [-0.25, -0.2) is 18.3 Å². The van der Waals surface area contributed by atoms with Crippen molar-refractivity contribution in [2.75, 3.05) is 11.4 Å². The monoisotopic (exact) mass is 355 g/mol. The quantitative estimate of drug-likeness (QED) is 0.764. The number of halogens is 2. The average molecular weight is 355 g/mol. The van der Waals surface area contributed by atoms with Crippen molar-refractivity contribution >= 4 is 11.5 Å². The number of anilines is 1. The first-order chi connectivity index (χ1) is 12.5. The highest BCUT2D eigenvalue weighted by Gasteiger charge is 2.35. The minimum Gasteiger partial charge on any atom is -0.391 e. The second kappa shape index (κ2) is 6.04. The van der Waals surface area contributed by atoms with Gasteiger partial charge in [-0.1, -0.05) is 0 Å². The van der Waals surface area contributed by atoms with E-state index in [0.717, 1.165) is 18.2 Å². The molecule has 0 radical (unpaired) electrons. The van der Waals surface area contributed by atoms with Gasteiger partial charge >= 0.3 is 0 Å². The van der Waals surface area contributed by atoms with Crippen molar-refractivity contribution in [3.8, 4) is 6.07 Å². The Balaban J connectivity index is 1.81. The normalized spacial score (nSPS) is 19.9. The van der Waals surface area contributed by atoms with Crippen LogP contribution in [-0.4, -0.2) is 32.4 Å². The maximum absolute atomic E-state index is 14.3. The van der Waals surface area contributed by atoms with Gasteiger partial charge in [-0.15, -0.1) is 0 Å². The topological polar surface area (TPSA) is 77.4 Å². The smallest absolute Gasteiger partial charge is 0.175 e. The molecule has 26 heavy (non-hydrogen) atoms. The van der Waals surface area contributed by atoms with Crippen molar-refractivity contribution in [2.45, 2.75) is 25.5 Å². The minimum absolute atomic E-state index is 0.174. The highest BCUT2D eigenvalue weighted by Crippen LogP contribution is 2.37. The molecule has 4 rings (SSSR count). The van der Waals surface area contributed by atoms with Crippen molar-refractivity contribution in [1.29, 1.82) is 5.26 Å². The lowest BCUT2D eigenvalue weighted by Gasteiger charge is -2.26. The SMILES string of the molecule is Cc1nn2ccc(N3C[C@@H](O)C[C@@H]3c3cc(F)ccc3F)nc2c1C#N. The number of hydrogen-bond donors (Lipinski definition) is 1. The summed E-state index contributed by atoms with van der Waals surface area (Å²) >= 11 is 0. The Morgan fingerprint density at radius 3 is 2.88 bits per heavy atom.